The molecule has 1 saturated heterocycles. The fourth-order valence-corrected chi connectivity index (χ4v) is 5.79. The summed E-state index contributed by atoms with van der Waals surface area (Å²) in [7, 11) is -4.51. The molecule has 5 atom stereocenters. The van der Waals surface area contributed by atoms with E-state index in [4.69, 9.17) is 4.18 Å². The number of rotatable bonds is 0. The van der Waals surface area contributed by atoms with Crippen molar-refractivity contribution < 1.29 is 25.8 Å². The van der Waals surface area contributed by atoms with E-state index in [9.17, 15) is 21.6 Å². The summed E-state index contributed by atoms with van der Waals surface area (Å²) in [6.45, 7) is 1.77. The summed E-state index contributed by atoms with van der Waals surface area (Å²) in [5, 5.41) is 0. The van der Waals surface area contributed by atoms with E-state index in [0.29, 0.717) is 6.42 Å². The fourth-order valence-electron chi connectivity index (χ4n) is 3.72. The second kappa shape index (κ2) is 2.58. The van der Waals surface area contributed by atoms with E-state index in [1.807, 2.05) is 0 Å². The maximum absolute atomic E-state index is 13.1. The molecule has 16 heavy (non-hydrogen) atoms. The average Bonchev–Trinajstić information content (AvgIpc) is 2.66. The first-order valence-corrected chi connectivity index (χ1v) is 6.61. The van der Waals surface area contributed by atoms with E-state index in [-0.39, 0.29) is 18.3 Å². The summed E-state index contributed by atoms with van der Waals surface area (Å²) >= 11 is 0. The van der Waals surface area contributed by atoms with Gasteiger partial charge in [0, 0.05) is 5.92 Å². The van der Waals surface area contributed by atoms with Crippen molar-refractivity contribution in [2.45, 2.75) is 36.8 Å². The van der Waals surface area contributed by atoms with Gasteiger partial charge in [-0.25, -0.2) is 0 Å². The molecule has 0 aromatic carbocycles. The van der Waals surface area contributed by atoms with Crippen LogP contribution in [0.5, 0.6) is 0 Å². The first-order chi connectivity index (χ1) is 7.21. The first kappa shape index (κ1) is 10.8. The lowest BCUT2D eigenvalue weighted by molar-refractivity contribution is -0.173. The molecule has 3 rings (SSSR count). The Morgan fingerprint density at radius 3 is 2.50 bits per heavy atom. The van der Waals surface area contributed by atoms with Crippen molar-refractivity contribution in [3.05, 3.63) is 0 Å². The van der Waals surface area contributed by atoms with Crippen LogP contribution in [0.25, 0.3) is 0 Å². The van der Waals surface area contributed by atoms with Gasteiger partial charge in [0.15, 0.2) is 4.75 Å². The molecular weight excluding hydrogens is 245 g/mol. The molecule has 0 spiro atoms. The van der Waals surface area contributed by atoms with Crippen LogP contribution in [-0.2, 0) is 14.3 Å². The minimum absolute atomic E-state index is 0.0854. The summed E-state index contributed by atoms with van der Waals surface area (Å²) in [4.78, 5) is 0. The average molecular weight is 256 g/mol. The lowest BCUT2D eigenvalue weighted by Gasteiger charge is -2.32. The molecule has 1 heterocycles. The largest absolute Gasteiger partial charge is 0.410 e. The highest BCUT2D eigenvalue weighted by Crippen LogP contribution is 2.67. The standard InChI is InChI=1S/C9H11F3O3S/c1-4-5-2-6-7(4)15-16(13,14)8(6,3-5)9(10,11)12/h4-7H,2-3H2,1H3/t4?,5-,6?,7?,8?/m1/s1. The lowest BCUT2D eigenvalue weighted by Crippen LogP contribution is -2.53. The molecule has 0 amide bonds. The Kier molecular flexibility index (Phi) is 1.75. The summed E-state index contributed by atoms with van der Waals surface area (Å²) in [6.07, 6.45) is -5.48. The molecule has 2 saturated carbocycles. The normalized spacial score (nSPS) is 53.5. The van der Waals surface area contributed by atoms with E-state index in [2.05, 4.69) is 0 Å². The molecular formula is C9H11F3O3S. The van der Waals surface area contributed by atoms with Gasteiger partial charge in [0.05, 0.1) is 6.10 Å². The lowest BCUT2D eigenvalue weighted by atomic mass is 9.80. The minimum Gasteiger partial charge on any atom is -0.265 e. The molecule has 1 aliphatic heterocycles. The highest BCUT2D eigenvalue weighted by molar-refractivity contribution is 7.88. The van der Waals surface area contributed by atoms with E-state index in [1.54, 1.807) is 6.92 Å². The molecule has 0 radical (unpaired) electrons. The number of alkyl halides is 3. The predicted octanol–water partition coefficient (Wildman–Crippen LogP) is 1.69. The predicted molar refractivity (Wildman–Crippen MR) is 48.0 cm³/mol. The summed E-state index contributed by atoms with van der Waals surface area (Å²) in [5.41, 5.74) is 0. The molecule has 3 nitrogen and oxygen atoms in total. The van der Waals surface area contributed by atoms with Gasteiger partial charge in [-0.05, 0) is 24.7 Å². The Hall–Kier alpha value is -0.300. The first-order valence-electron chi connectivity index (χ1n) is 5.20. The second-order valence-corrected chi connectivity index (χ2v) is 6.90. The summed E-state index contributed by atoms with van der Waals surface area (Å²) in [6, 6.07) is 0. The van der Waals surface area contributed by atoms with Gasteiger partial charge < -0.3 is 0 Å². The van der Waals surface area contributed by atoms with Crippen molar-refractivity contribution in [3.8, 4) is 0 Å². The van der Waals surface area contributed by atoms with Gasteiger partial charge in [0.2, 0.25) is 0 Å². The topological polar surface area (TPSA) is 43.4 Å². The van der Waals surface area contributed by atoms with E-state index >= 15 is 0 Å². The van der Waals surface area contributed by atoms with Crippen LogP contribution in [-0.4, -0.2) is 25.4 Å². The molecule has 0 aromatic rings. The SMILES string of the molecule is CC1C2OS(=O)(=O)C3(C(F)(F)F)C[C@H]1CC23. The molecule has 0 N–H and O–H groups in total. The van der Waals surface area contributed by atoms with Gasteiger partial charge in [-0.1, -0.05) is 6.92 Å². The third kappa shape index (κ3) is 0.895. The maximum Gasteiger partial charge on any atom is 0.410 e. The van der Waals surface area contributed by atoms with Crippen molar-refractivity contribution in [2.75, 3.05) is 0 Å². The van der Waals surface area contributed by atoms with Crippen molar-refractivity contribution >= 4 is 10.1 Å². The van der Waals surface area contributed by atoms with Crippen LogP contribution in [0.1, 0.15) is 19.8 Å². The monoisotopic (exact) mass is 256 g/mol. The van der Waals surface area contributed by atoms with Crippen LogP contribution < -0.4 is 0 Å². The smallest absolute Gasteiger partial charge is 0.265 e. The molecule has 7 heteroatoms. The third-order valence-electron chi connectivity index (χ3n) is 4.54. The van der Waals surface area contributed by atoms with E-state index in [1.165, 1.54) is 0 Å². The molecule has 3 aliphatic rings. The quantitative estimate of drug-likeness (QED) is 0.619. The van der Waals surface area contributed by atoms with Gasteiger partial charge >= 0.3 is 6.18 Å². The Labute approximate surface area is 91.1 Å². The highest BCUT2D eigenvalue weighted by Gasteiger charge is 2.81. The maximum atomic E-state index is 13.1. The van der Waals surface area contributed by atoms with Crippen LogP contribution in [0, 0.1) is 17.8 Å². The molecule has 4 unspecified atom stereocenters. The van der Waals surface area contributed by atoms with Crippen molar-refractivity contribution in [1.29, 1.82) is 0 Å². The van der Waals surface area contributed by atoms with Crippen LogP contribution in [0.2, 0.25) is 0 Å². The van der Waals surface area contributed by atoms with Gasteiger partial charge in [-0.2, -0.15) is 21.6 Å². The molecule has 92 valence electrons. The molecule has 2 aliphatic carbocycles. The van der Waals surface area contributed by atoms with E-state index < -0.39 is 33.1 Å². The zero-order valence-electron chi connectivity index (χ0n) is 8.49. The van der Waals surface area contributed by atoms with Crippen molar-refractivity contribution in [3.63, 3.8) is 0 Å². The Morgan fingerprint density at radius 1 is 1.38 bits per heavy atom. The van der Waals surface area contributed by atoms with Gasteiger partial charge in [-0.3, -0.25) is 4.18 Å². The Bertz CT molecular complexity index is 443. The zero-order valence-corrected chi connectivity index (χ0v) is 9.31. The van der Waals surface area contributed by atoms with Crippen LogP contribution >= 0.6 is 0 Å². The Morgan fingerprint density at radius 2 is 2.00 bits per heavy atom. The third-order valence-corrected chi connectivity index (χ3v) is 6.61. The van der Waals surface area contributed by atoms with Crippen LogP contribution in [0.15, 0.2) is 0 Å². The van der Waals surface area contributed by atoms with Crippen molar-refractivity contribution in [1.82, 2.24) is 0 Å². The van der Waals surface area contributed by atoms with E-state index in [0.717, 1.165) is 0 Å². The van der Waals surface area contributed by atoms with Gasteiger partial charge in [-0.15, -0.1) is 0 Å². The minimum atomic E-state index is -4.72. The van der Waals surface area contributed by atoms with Crippen molar-refractivity contribution in [2.24, 2.45) is 17.8 Å². The van der Waals surface area contributed by atoms with Crippen LogP contribution in [0.4, 0.5) is 13.2 Å². The molecule has 2 bridgehead atoms. The number of hydrogen-bond donors (Lipinski definition) is 0. The van der Waals surface area contributed by atoms with Gasteiger partial charge in [0.1, 0.15) is 0 Å². The number of halogens is 3. The van der Waals surface area contributed by atoms with Gasteiger partial charge in [0.25, 0.3) is 10.1 Å². The zero-order chi connectivity index (χ0) is 11.9. The molecule has 3 fully saturated rings. The van der Waals surface area contributed by atoms with Crippen LogP contribution in [0.3, 0.4) is 0 Å². The fraction of sp³-hybridized carbons (Fsp3) is 1.00. The second-order valence-electron chi connectivity index (χ2n) is 5.07. The summed E-state index contributed by atoms with van der Waals surface area (Å²) < 4.78 is 64.6. The molecule has 0 aromatic heterocycles. The number of hydrogen-bond acceptors (Lipinski definition) is 3. The Balaban J connectivity index is 2.20. The number of fused-ring (bicyclic) bond motifs is 1. The summed E-state index contributed by atoms with van der Waals surface area (Å²) in [5.74, 6) is -1.15. The highest BCUT2D eigenvalue weighted by atomic mass is 32.2.